The van der Waals surface area contributed by atoms with Crippen molar-refractivity contribution in [3.63, 3.8) is 0 Å². The number of amides is 2. The molecule has 3 N–H and O–H groups in total. The van der Waals surface area contributed by atoms with Crippen molar-refractivity contribution in [2.75, 3.05) is 26.4 Å². The molecule has 6 nitrogen and oxygen atoms in total. The van der Waals surface area contributed by atoms with Crippen molar-refractivity contribution in [2.45, 2.75) is 12.5 Å². The molecule has 7 heteroatoms. The Labute approximate surface area is 127 Å². The van der Waals surface area contributed by atoms with Gasteiger partial charge in [-0.1, -0.05) is 12.1 Å². The van der Waals surface area contributed by atoms with Crippen LogP contribution in [-0.4, -0.2) is 44.3 Å². The minimum absolute atomic E-state index is 0.103. The van der Waals surface area contributed by atoms with Crippen LogP contribution in [0, 0.1) is 11.7 Å². The molecule has 1 aromatic carbocycles. The molecular weight excluding hydrogens is 291 g/mol. The summed E-state index contributed by atoms with van der Waals surface area (Å²) in [6.07, 6.45) is -0.328. The lowest BCUT2D eigenvalue weighted by Gasteiger charge is -2.23. The second kappa shape index (κ2) is 7.86. The predicted octanol–water partition coefficient (Wildman–Crippen LogP) is 0.00130. The van der Waals surface area contributed by atoms with E-state index in [9.17, 15) is 14.0 Å². The monoisotopic (exact) mass is 310 g/mol. The normalized spacial score (nSPS) is 19.4. The molecule has 2 amide bonds. The van der Waals surface area contributed by atoms with Gasteiger partial charge in [-0.25, -0.2) is 4.39 Å². The first-order valence-corrected chi connectivity index (χ1v) is 7.07. The van der Waals surface area contributed by atoms with Gasteiger partial charge in [0.25, 0.3) is 5.91 Å². The van der Waals surface area contributed by atoms with Gasteiger partial charge in [0.2, 0.25) is 5.91 Å². The molecule has 120 valence electrons. The number of nitrogens with two attached hydrogens (primary N) is 1. The Morgan fingerprint density at radius 2 is 2.05 bits per heavy atom. The van der Waals surface area contributed by atoms with Crippen molar-refractivity contribution in [1.82, 2.24) is 5.32 Å². The standard InChI is InChI=1S/C15H19FN2O4/c16-12-3-1-10(2-4-12)7-11(14(17)19)8-18-15(20)13-9-21-5-6-22-13/h1-4,11,13H,5-9H2,(H2,17,19)(H,18,20). The number of carbonyl (C=O) groups is 2. The van der Waals surface area contributed by atoms with E-state index in [1.165, 1.54) is 12.1 Å². The van der Waals surface area contributed by atoms with E-state index in [1.54, 1.807) is 12.1 Å². The van der Waals surface area contributed by atoms with Crippen LogP contribution in [-0.2, 0) is 25.5 Å². The highest BCUT2D eigenvalue weighted by atomic mass is 19.1. The molecule has 0 radical (unpaired) electrons. The van der Waals surface area contributed by atoms with Gasteiger partial charge in [-0.15, -0.1) is 0 Å². The van der Waals surface area contributed by atoms with Gasteiger partial charge >= 0.3 is 0 Å². The highest BCUT2D eigenvalue weighted by Crippen LogP contribution is 2.10. The smallest absolute Gasteiger partial charge is 0.251 e. The summed E-state index contributed by atoms with van der Waals surface area (Å²) in [7, 11) is 0. The zero-order valence-electron chi connectivity index (χ0n) is 12.1. The van der Waals surface area contributed by atoms with Crippen molar-refractivity contribution < 1.29 is 23.5 Å². The molecule has 0 spiro atoms. The Morgan fingerprint density at radius 3 is 2.64 bits per heavy atom. The Morgan fingerprint density at radius 1 is 1.32 bits per heavy atom. The summed E-state index contributed by atoms with van der Waals surface area (Å²) in [5.41, 5.74) is 6.13. The van der Waals surface area contributed by atoms with E-state index >= 15 is 0 Å². The Bertz CT molecular complexity index is 515. The van der Waals surface area contributed by atoms with E-state index in [2.05, 4.69) is 5.32 Å². The summed E-state index contributed by atoms with van der Waals surface area (Å²) in [6.45, 7) is 1.14. The molecule has 1 fully saturated rings. The number of primary amides is 1. The zero-order chi connectivity index (χ0) is 15.9. The minimum Gasteiger partial charge on any atom is -0.376 e. The van der Waals surface area contributed by atoms with Gasteiger partial charge in [-0.3, -0.25) is 9.59 Å². The first-order valence-electron chi connectivity index (χ1n) is 7.07. The number of carbonyl (C=O) groups excluding carboxylic acids is 2. The quantitative estimate of drug-likeness (QED) is 0.774. The third-order valence-electron chi connectivity index (χ3n) is 3.43. The van der Waals surface area contributed by atoms with Crippen LogP contribution in [0.3, 0.4) is 0 Å². The van der Waals surface area contributed by atoms with Crippen LogP contribution in [0.1, 0.15) is 5.56 Å². The lowest BCUT2D eigenvalue weighted by atomic mass is 9.98. The maximum Gasteiger partial charge on any atom is 0.251 e. The maximum absolute atomic E-state index is 12.9. The van der Waals surface area contributed by atoms with E-state index in [0.717, 1.165) is 5.56 Å². The first kappa shape index (κ1) is 16.4. The maximum atomic E-state index is 12.9. The minimum atomic E-state index is -0.659. The van der Waals surface area contributed by atoms with Gasteiger partial charge in [0.1, 0.15) is 5.82 Å². The number of ether oxygens (including phenoxy) is 2. The van der Waals surface area contributed by atoms with Crippen molar-refractivity contribution in [3.8, 4) is 0 Å². The Balaban J connectivity index is 1.87. The highest BCUT2D eigenvalue weighted by molar-refractivity contribution is 5.82. The predicted molar refractivity (Wildman–Crippen MR) is 76.4 cm³/mol. The molecule has 1 saturated heterocycles. The van der Waals surface area contributed by atoms with Gasteiger partial charge in [0.15, 0.2) is 6.10 Å². The number of rotatable bonds is 6. The van der Waals surface area contributed by atoms with Gasteiger partial charge in [-0.2, -0.15) is 0 Å². The highest BCUT2D eigenvalue weighted by Gasteiger charge is 2.24. The molecule has 0 saturated carbocycles. The SMILES string of the molecule is NC(=O)C(CNC(=O)C1COCCO1)Cc1ccc(F)cc1. The summed E-state index contributed by atoms with van der Waals surface area (Å²) < 4.78 is 23.3. The van der Waals surface area contributed by atoms with E-state index in [0.29, 0.717) is 19.6 Å². The topological polar surface area (TPSA) is 90.7 Å². The molecule has 0 aromatic heterocycles. The van der Waals surface area contributed by atoms with Crippen LogP contribution in [0.15, 0.2) is 24.3 Å². The Kier molecular flexibility index (Phi) is 5.85. The van der Waals surface area contributed by atoms with Crippen LogP contribution in [0.25, 0.3) is 0 Å². The molecule has 22 heavy (non-hydrogen) atoms. The van der Waals surface area contributed by atoms with Crippen LogP contribution in [0.2, 0.25) is 0 Å². The number of benzene rings is 1. The number of halogens is 1. The number of hydrogen-bond acceptors (Lipinski definition) is 4. The molecule has 1 aliphatic heterocycles. The van der Waals surface area contributed by atoms with Crippen LogP contribution >= 0.6 is 0 Å². The largest absolute Gasteiger partial charge is 0.376 e. The fourth-order valence-electron chi connectivity index (χ4n) is 2.16. The fraction of sp³-hybridized carbons (Fsp3) is 0.467. The molecule has 2 rings (SSSR count). The van der Waals surface area contributed by atoms with Crippen molar-refractivity contribution in [1.29, 1.82) is 0 Å². The van der Waals surface area contributed by atoms with E-state index in [4.69, 9.17) is 15.2 Å². The van der Waals surface area contributed by atoms with E-state index in [1.807, 2.05) is 0 Å². The van der Waals surface area contributed by atoms with Crippen LogP contribution in [0.5, 0.6) is 0 Å². The molecule has 2 atom stereocenters. The zero-order valence-corrected chi connectivity index (χ0v) is 12.1. The average molecular weight is 310 g/mol. The third-order valence-corrected chi connectivity index (χ3v) is 3.43. The molecular formula is C15H19FN2O4. The summed E-state index contributed by atoms with van der Waals surface area (Å²) in [5, 5.41) is 2.65. The lowest BCUT2D eigenvalue weighted by molar-refractivity contribution is -0.147. The summed E-state index contributed by atoms with van der Waals surface area (Å²) >= 11 is 0. The molecule has 0 aliphatic carbocycles. The second-order valence-corrected chi connectivity index (χ2v) is 5.11. The fourth-order valence-corrected chi connectivity index (χ4v) is 2.16. The third kappa shape index (κ3) is 4.78. The van der Waals surface area contributed by atoms with E-state index < -0.39 is 17.9 Å². The Hall–Kier alpha value is -1.99. The number of hydrogen-bond donors (Lipinski definition) is 2. The average Bonchev–Trinajstić information content (AvgIpc) is 2.53. The summed E-state index contributed by atoms with van der Waals surface area (Å²) in [6, 6.07) is 5.81. The van der Waals surface area contributed by atoms with Gasteiger partial charge in [0, 0.05) is 6.54 Å². The number of nitrogens with one attached hydrogen (secondary N) is 1. The summed E-state index contributed by atoms with van der Waals surface area (Å²) in [4.78, 5) is 23.4. The molecule has 1 aromatic rings. The molecule has 2 unspecified atom stereocenters. The van der Waals surface area contributed by atoms with Gasteiger partial charge in [-0.05, 0) is 24.1 Å². The molecule has 0 bridgehead atoms. The lowest BCUT2D eigenvalue weighted by Crippen LogP contribution is -2.46. The van der Waals surface area contributed by atoms with Gasteiger partial charge in [0.05, 0.1) is 25.7 Å². The van der Waals surface area contributed by atoms with Crippen molar-refractivity contribution in [3.05, 3.63) is 35.6 Å². The second-order valence-electron chi connectivity index (χ2n) is 5.11. The van der Waals surface area contributed by atoms with Gasteiger partial charge < -0.3 is 20.5 Å². The first-order chi connectivity index (χ1) is 10.6. The van der Waals surface area contributed by atoms with E-state index in [-0.39, 0.29) is 24.9 Å². The molecule has 1 aliphatic rings. The van der Waals surface area contributed by atoms with Crippen LogP contribution in [0.4, 0.5) is 4.39 Å². The summed E-state index contributed by atoms with van der Waals surface area (Å²) in [5.74, 6) is -1.77. The molecule has 1 heterocycles. The van der Waals surface area contributed by atoms with Crippen molar-refractivity contribution in [2.24, 2.45) is 11.7 Å². The van der Waals surface area contributed by atoms with Crippen molar-refractivity contribution >= 4 is 11.8 Å². The van der Waals surface area contributed by atoms with Crippen LogP contribution < -0.4 is 11.1 Å².